The van der Waals surface area contributed by atoms with Crippen LogP contribution in [0, 0.1) is 5.92 Å². The molecule has 0 aromatic carbocycles. The number of anilines is 1. The average molecular weight is 327 g/mol. The van der Waals surface area contributed by atoms with E-state index < -0.39 is 10.0 Å². The van der Waals surface area contributed by atoms with Crippen LogP contribution < -0.4 is 10.0 Å². The number of hydrogen-bond donors (Lipinski definition) is 1. The quantitative estimate of drug-likeness (QED) is 0.934. The Morgan fingerprint density at radius 2 is 2.33 bits per heavy atom. The van der Waals surface area contributed by atoms with E-state index in [1.165, 1.54) is 6.20 Å². The lowest BCUT2D eigenvalue weighted by atomic mass is 9.91. The number of nitrogens with zero attached hydrogens (tertiary/aromatic N) is 2. The standard InChI is InChI=1S/C13H17N3O3S2/c1-9-4-5-16(10(7-9)11-3-2-6-19-11)13-15-8-12(20-13)21(14,17)18/h2-3,6,8-10H,4-5,7H2,1H3,(H2,14,17,18)/t9-,10-/m0/s1. The summed E-state index contributed by atoms with van der Waals surface area (Å²) in [6.45, 7) is 3.04. The second-order valence-electron chi connectivity index (χ2n) is 5.36. The largest absolute Gasteiger partial charge is 0.467 e. The van der Waals surface area contributed by atoms with Gasteiger partial charge in [-0.3, -0.25) is 0 Å². The fourth-order valence-electron chi connectivity index (χ4n) is 2.64. The topological polar surface area (TPSA) is 89.4 Å². The van der Waals surface area contributed by atoms with Crippen molar-refractivity contribution in [3.63, 3.8) is 0 Å². The third kappa shape index (κ3) is 2.97. The molecule has 0 aliphatic carbocycles. The van der Waals surface area contributed by atoms with Gasteiger partial charge in [0.25, 0.3) is 0 Å². The smallest absolute Gasteiger partial charge is 0.249 e. The van der Waals surface area contributed by atoms with E-state index in [1.54, 1.807) is 6.26 Å². The van der Waals surface area contributed by atoms with Crippen molar-refractivity contribution in [2.45, 2.75) is 30.0 Å². The maximum Gasteiger partial charge on any atom is 0.249 e. The molecule has 6 nitrogen and oxygen atoms in total. The third-order valence-electron chi connectivity index (χ3n) is 3.73. The summed E-state index contributed by atoms with van der Waals surface area (Å²) >= 11 is 1.11. The number of sulfonamides is 1. The fourth-order valence-corrected chi connectivity index (χ4v) is 4.25. The summed E-state index contributed by atoms with van der Waals surface area (Å²) < 4.78 is 28.4. The van der Waals surface area contributed by atoms with Gasteiger partial charge in [-0.1, -0.05) is 18.3 Å². The Bertz CT molecular complexity index is 709. The molecule has 8 heteroatoms. The zero-order valence-corrected chi connectivity index (χ0v) is 13.2. The van der Waals surface area contributed by atoms with Crippen LogP contribution in [0.5, 0.6) is 0 Å². The summed E-state index contributed by atoms with van der Waals surface area (Å²) in [6.07, 6.45) is 4.98. The zero-order chi connectivity index (χ0) is 15.0. The van der Waals surface area contributed by atoms with Gasteiger partial charge in [-0.15, -0.1) is 0 Å². The molecule has 0 radical (unpaired) electrons. The van der Waals surface area contributed by atoms with Gasteiger partial charge in [0.1, 0.15) is 5.76 Å². The Kier molecular flexibility index (Phi) is 3.76. The molecule has 1 fully saturated rings. The predicted octanol–water partition coefficient (Wildman–Crippen LogP) is 2.36. The van der Waals surface area contributed by atoms with E-state index in [0.29, 0.717) is 11.0 Å². The lowest BCUT2D eigenvalue weighted by molar-refractivity contribution is 0.328. The molecule has 2 atom stereocenters. The summed E-state index contributed by atoms with van der Waals surface area (Å²) in [7, 11) is -3.70. The van der Waals surface area contributed by atoms with Gasteiger partial charge in [0.15, 0.2) is 9.34 Å². The zero-order valence-electron chi connectivity index (χ0n) is 11.6. The highest BCUT2D eigenvalue weighted by atomic mass is 32.2. The van der Waals surface area contributed by atoms with Gasteiger partial charge in [-0.2, -0.15) is 0 Å². The molecule has 2 aromatic heterocycles. The van der Waals surface area contributed by atoms with Crippen molar-refractivity contribution in [2.75, 3.05) is 11.4 Å². The monoisotopic (exact) mass is 327 g/mol. The van der Waals surface area contributed by atoms with Gasteiger partial charge in [0.2, 0.25) is 10.0 Å². The van der Waals surface area contributed by atoms with Crippen LogP contribution in [0.15, 0.2) is 33.2 Å². The van der Waals surface area contributed by atoms with Gasteiger partial charge in [0, 0.05) is 6.54 Å². The first-order chi connectivity index (χ1) is 9.95. The predicted molar refractivity (Wildman–Crippen MR) is 80.7 cm³/mol. The van der Waals surface area contributed by atoms with Crippen molar-refractivity contribution in [1.29, 1.82) is 0 Å². The summed E-state index contributed by atoms with van der Waals surface area (Å²) in [4.78, 5) is 6.34. The normalized spacial score (nSPS) is 23.4. The third-order valence-corrected chi connectivity index (χ3v) is 6.18. The minimum atomic E-state index is -3.70. The molecule has 1 saturated heterocycles. The van der Waals surface area contributed by atoms with Crippen LogP contribution in [0.2, 0.25) is 0 Å². The highest BCUT2D eigenvalue weighted by Crippen LogP contribution is 2.39. The highest BCUT2D eigenvalue weighted by molar-refractivity contribution is 7.91. The van der Waals surface area contributed by atoms with E-state index >= 15 is 0 Å². The van der Waals surface area contributed by atoms with E-state index in [2.05, 4.69) is 16.8 Å². The molecule has 3 heterocycles. The minimum absolute atomic E-state index is 0.0863. The minimum Gasteiger partial charge on any atom is -0.467 e. The molecule has 3 rings (SSSR count). The molecule has 0 spiro atoms. The second kappa shape index (κ2) is 5.43. The lowest BCUT2D eigenvalue weighted by Crippen LogP contribution is -2.36. The van der Waals surface area contributed by atoms with Crippen LogP contribution in [0.4, 0.5) is 5.13 Å². The van der Waals surface area contributed by atoms with E-state index in [-0.39, 0.29) is 10.3 Å². The molecule has 2 aromatic rings. The van der Waals surface area contributed by atoms with E-state index in [0.717, 1.165) is 36.5 Å². The molecule has 0 unspecified atom stereocenters. The summed E-state index contributed by atoms with van der Waals surface area (Å²) in [5.74, 6) is 1.47. The maximum atomic E-state index is 11.4. The SMILES string of the molecule is C[C@H]1CCN(c2ncc(S(N)(=O)=O)s2)[C@H](c2ccco2)C1. The number of rotatable bonds is 3. The Balaban J connectivity index is 1.93. The molecular formula is C13H17N3O3S2. The van der Waals surface area contributed by atoms with Gasteiger partial charge in [-0.05, 0) is 30.9 Å². The van der Waals surface area contributed by atoms with Gasteiger partial charge < -0.3 is 9.32 Å². The molecule has 2 N–H and O–H groups in total. The Labute approximate surface area is 127 Å². The maximum absolute atomic E-state index is 11.4. The number of primary sulfonamides is 1. The van der Waals surface area contributed by atoms with Crippen molar-refractivity contribution in [2.24, 2.45) is 11.1 Å². The first kappa shape index (κ1) is 14.6. The highest BCUT2D eigenvalue weighted by Gasteiger charge is 2.31. The molecule has 0 bridgehead atoms. The first-order valence-electron chi connectivity index (χ1n) is 6.74. The van der Waals surface area contributed by atoms with Crippen molar-refractivity contribution in [3.8, 4) is 0 Å². The lowest BCUT2D eigenvalue weighted by Gasteiger charge is -2.37. The van der Waals surface area contributed by atoms with Crippen molar-refractivity contribution in [3.05, 3.63) is 30.4 Å². The summed E-state index contributed by atoms with van der Waals surface area (Å²) in [6, 6.07) is 3.90. The second-order valence-corrected chi connectivity index (χ2v) is 8.16. The molecule has 0 amide bonds. The average Bonchev–Trinajstić information content (AvgIpc) is 3.09. The van der Waals surface area contributed by atoms with Crippen LogP contribution >= 0.6 is 11.3 Å². The number of furan rings is 1. The van der Waals surface area contributed by atoms with Crippen LogP contribution in [-0.4, -0.2) is 19.9 Å². The first-order valence-corrected chi connectivity index (χ1v) is 9.10. The molecule has 114 valence electrons. The number of aromatic nitrogens is 1. The van der Waals surface area contributed by atoms with Crippen LogP contribution in [-0.2, 0) is 10.0 Å². The van der Waals surface area contributed by atoms with Crippen molar-refractivity contribution < 1.29 is 12.8 Å². The van der Waals surface area contributed by atoms with E-state index in [1.807, 2.05) is 12.1 Å². The summed E-state index contributed by atoms with van der Waals surface area (Å²) in [5, 5.41) is 5.83. The van der Waals surface area contributed by atoms with Crippen molar-refractivity contribution in [1.82, 2.24) is 4.98 Å². The molecule has 1 aliphatic rings. The molecule has 0 saturated carbocycles. The number of thiazole rings is 1. The Hall–Kier alpha value is -1.38. The number of hydrogen-bond acceptors (Lipinski definition) is 6. The van der Waals surface area contributed by atoms with Gasteiger partial charge in [-0.25, -0.2) is 18.5 Å². The van der Waals surface area contributed by atoms with Gasteiger partial charge >= 0.3 is 0 Å². The fraction of sp³-hybridized carbons (Fsp3) is 0.462. The number of piperidine rings is 1. The molecular weight excluding hydrogens is 310 g/mol. The molecule has 1 aliphatic heterocycles. The van der Waals surface area contributed by atoms with Crippen molar-refractivity contribution >= 4 is 26.5 Å². The Morgan fingerprint density at radius 3 is 2.95 bits per heavy atom. The van der Waals surface area contributed by atoms with E-state index in [4.69, 9.17) is 9.56 Å². The number of nitrogens with two attached hydrogens (primary N) is 1. The molecule has 21 heavy (non-hydrogen) atoms. The van der Waals surface area contributed by atoms with E-state index in [9.17, 15) is 8.42 Å². The summed E-state index contributed by atoms with van der Waals surface area (Å²) in [5.41, 5.74) is 0. The van der Waals surface area contributed by atoms with Gasteiger partial charge in [0.05, 0.1) is 18.5 Å². The van der Waals surface area contributed by atoms with Crippen LogP contribution in [0.1, 0.15) is 31.6 Å². The Morgan fingerprint density at radius 1 is 1.52 bits per heavy atom. The van der Waals surface area contributed by atoms with Crippen LogP contribution in [0.3, 0.4) is 0 Å². The van der Waals surface area contributed by atoms with Crippen LogP contribution in [0.25, 0.3) is 0 Å².